The summed E-state index contributed by atoms with van der Waals surface area (Å²) in [6.07, 6.45) is 0.129. The number of methoxy groups -OCH3 is 1. The molecule has 0 spiro atoms. The fourth-order valence-corrected chi connectivity index (χ4v) is 2.12. The molecule has 0 aliphatic rings. The minimum Gasteiger partial charge on any atom is -0.496 e. The van der Waals surface area contributed by atoms with Gasteiger partial charge in [0.15, 0.2) is 0 Å². The van der Waals surface area contributed by atoms with Gasteiger partial charge in [0.1, 0.15) is 5.75 Å². The van der Waals surface area contributed by atoms with Crippen molar-refractivity contribution in [3.63, 3.8) is 0 Å². The van der Waals surface area contributed by atoms with Gasteiger partial charge in [-0.2, -0.15) is 0 Å². The number of ether oxygens (including phenoxy) is 1. The van der Waals surface area contributed by atoms with Crippen LogP contribution >= 0.6 is 0 Å². The Kier molecular flexibility index (Phi) is 5.95. The van der Waals surface area contributed by atoms with Gasteiger partial charge in [-0.05, 0) is 32.4 Å². The predicted octanol–water partition coefficient (Wildman–Crippen LogP) is 1.96. The van der Waals surface area contributed by atoms with E-state index in [1.807, 2.05) is 18.2 Å². The van der Waals surface area contributed by atoms with Crippen molar-refractivity contribution in [2.75, 3.05) is 31.7 Å². The van der Waals surface area contributed by atoms with Gasteiger partial charge in [-0.3, -0.25) is 0 Å². The van der Waals surface area contributed by atoms with Crippen molar-refractivity contribution >= 4 is 5.69 Å². The van der Waals surface area contributed by atoms with E-state index in [4.69, 9.17) is 9.84 Å². The van der Waals surface area contributed by atoms with Crippen molar-refractivity contribution in [2.45, 2.75) is 26.4 Å². The van der Waals surface area contributed by atoms with Crippen LogP contribution in [0.25, 0.3) is 0 Å². The first-order valence-electron chi connectivity index (χ1n) is 6.36. The fraction of sp³-hybridized carbons (Fsp3) is 0.571. The molecule has 0 heterocycles. The summed E-state index contributed by atoms with van der Waals surface area (Å²) in [7, 11) is 1.61. The summed E-state index contributed by atoms with van der Waals surface area (Å²) < 4.78 is 5.31. The maximum absolute atomic E-state index is 9.93. The van der Waals surface area contributed by atoms with Crippen LogP contribution in [-0.2, 0) is 0 Å². The number of hydrogen-bond donors (Lipinski definition) is 2. The molecule has 0 radical (unpaired) electrons. The number of hydrogen-bond acceptors (Lipinski definition) is 4. The van der Waals surface area contributed by atoms with Gasteiger partial charge >= 0.3 is 0 Å². The largest absolute Gasteiger partial charge is 0.496 e. The van der Waals surface area contributed by atoms with Gasteiger partial charge in [0, 0.05) is 30.9 Å². The van der Waals surface area contributed by atoms with Crippen LogP contribution in [0.4, 0.5) is 5.69 Å². The highest BCUT2D eigenvalue weighted by Gasteiger charge is 2.17. The summed E-state index contributed by atoms with van der Waals surface area (Å²) in [5, 5.41) is 18.9. The molecule has 18 heavy (non-hydrogen) atoms. The lowest BCUT2D eigenvalue weighted by Crippen LogP contribution is -2.26. The van der Waals surface area contributed by atoms with Gasteiger partial charge in [-0.25, -0.2) is 0 Å². The molecule has 0 amide bonds. The molecule has 0 bridgehead atoms. The van der Waals surface area contributed by atoms with E-state index in [2.05, 4.69) is 11.8 Å². The quantitative estimate of drug-likeness (QED) is 0.780. The van der Waals surface area contributed by atoms with E-state index in [9.17, 15) is 5.11 Å². The first-order chi connectivity index (χ1) is 8.65. The zero-order valence-corrected chi connectivity index (χ0v) is 11.4. The van der Waals surface area contributed by atoms with Crippen molar-refractivity contribution in [3.8, 4) is 5.75 Å². The Labute approximate surface area is 109 Å². The molecule has 0 saturated carbocycles. The maximum atomic E-state index is 9.93. The summed E-state index contributed by atoms with van der Waals surface area (Å²) in [6, 6.07) is 5.75. The smallest absolute Gasteiger partial charge is 0.126 e. The number of anilines is 1. The van der Waals surface area contributed by atoms with Crippen LogP contribution in [0.2, 0.25) is 0 Å². The third-order valence-electron chi connectivity index (χ3n) is 2.99. The molecule has 1 aromatic rings. The van der Waals surface area contributed by atoms with Crippen LogP contribution in [0.15, 0.2) is 18.2 Å². The summed E-state index contributed by atoms with van der Waals surface area (Å²) in [5.41, 5.74) is 1.78. The van der Waals surface area contributed by atoms with Crippen LogP contribution in [0, 0.1) is 0 Å². The molecule has 2 N–H and O–H groups in total. The first-order valence-corrected chi connectivity index (χ1v) is 6.36. The molecule has 0 aromatic heterocycles. The Hall–Kier alpha value is -1.26. The average molecular weight is 253 g/mol. The highest BCUT2D eigenvalue weighted by molar-refractivity contribution is 5.60. The van der Waals surface area contributed by atoms with Gasteiger partial charge in [0.25, 0.3) is 0 Å². The normalized spacial score (nSPS) is 12.3. The number of aliphatic hydroxyl groups is 2. The highest BCUT2D eigenvalue weighted by atomic mass is 16.5. The topological polar surface area (TPSA) is 52.9 Å². The van der Waals surface area contributed by atoms with E-state index in [-0.39, 0.29) is 6.61 Å². The van der Waals surface area contributed by atoms with E-state index in [0.29, 0.717) is 12.2 Å². The van der Waals surface area contributed by atoms with Gasteiger partial charge < -0.3 is 19.8 Å². The Morgan fingerprint density at radius 3 is 2.61 bits per heavy atom. The van der Waals surface area contributed by atoms with Gasteiger partial charge in [-0.1, -0.05) is 6.07 Å². The minimum atomic E-state index is -0.584. The Morgan fingerprint density at radius 2 is 2.11 bits per heavy atom. The number of benzene rings is 1. The second-order valence-electron chi connectivity index (χ2n) is 4.23. The van der Waals surface area contributed by atoms with E-state index in [1.165, 1.54) is 0 Å². The Morgan fingerprint density at radius 1 is 1.39 bits per heavy atom. The average Bonchev–Trinajstić information content (AvgIpc) is 2.38. The first kappa shape index (κ1) is 14.8. The van der Waals surface area contributed by atoms with E-state index >= 15 is 0 Å². The molecular weight excluding hydrogens is 230 g/mol. The second-order valence-corrected chi connectivity index (χ2v) is 4.23. The SMILES string of the molecule is CCN(CCCO)c1cccc(OC)c1C(C)O. The lowest BCUT2D eigenvalue weighted by Gasteiger charge is -2.27. The van der Waals surface area contributed by atoms with Crippen molar-refractivity contribution in [3.05, 3.63) is 23.8 Å². The Bertz CT molecular complexity index is 366. The van der Waals surface area contributed by atoms with E-state index in [1.54, 1.807) is 14.0 Å². The van der Waals surface area contributed by atoms with E-state index in [0.717, 1.165) is 24.3 Å². The lowest BCUT2D eigenvalue weighted by atomic mass is 10.1. The number of aliphatic hydroxyl groups excluding tert-OH is 2. The van der Waals surface area contributed by atoms with Crippen LogP contribution in [0.5, 0.6) is 5.75 Å². The van der Waals surface area contributed by atoms with Gasteiger partial charge in [-0.15, -0.1) is 0 Å². The minimum absolute atomic E-state index is 0.171. The number of nitrogens with zero attached hydrogens (tertiary/aromatic N) is 1. The molecule has 0 aliphatic carbocycles. The Balaban J connectivity index is 3.12. The van der Waals surface area contributed by atoms with Crippen molar-refractivity contribution in [1.82, 2.24) is 0 Å². The van der Waals surface area contributed by atoms with Crippen molar-refractivity contribution in [1.29, 1.82) is 0 Å². The molecule has 1 aromatic carbocycles. The lowest BCUT2D eigenvalue weighted by molar-refractivity contribution is 0.194. The fourth-order valence-electron chi connectivity index (χ4n) is 2.12. The molecule has 4 heteroatoms. The summed E-state index contributed by atoms with van der Waals surface area (Å²) in [4.78, 5) is 2.14. The molecule has 1 unspecified atom stereocenters. The monoisotopic (exact) mass is 253 g/mol. The summed E-state index contributed by atoms with van der Waals surface area (Å²) in [6.45, 7) is 5.56. The zero-order valence-electron chi connectivity index (χ0n) is 11.4. The standard InChI is InChI=1S/C14H23NO3/c1-4-15(9-6-10-16)12-7-5-8-13(18-3)14(12)11(2)17/h5,7-8,11,16-17H,4,6,9-10H2,1-3H3. The van der Waals surface area contributed by atoms with Gasteiger partial charge in [0.2, 0.25) is 0 Å². The molecule has 0 aliphatic heterocycles. The van der Waals surface area contributed by atoms with Crippen LogP contribution in [0.3, 0.4) is 0 Å². The van der Waals surface area contributed by atoms with E-state index < -0.39 is 6.10 Å². The third kappa shape index (κ3) is 3.37. The molecule has 1 rings (SSSR count). The summed E-state index contributed by atoms with van der Waals surface area (Å²) in [5.74, 6) is 0.699. The molecule has 0 fully saturated rings. The second kappa shape index (κ2) is 7.24. The molecule has 1 atom stereocenters. The van der Waals surface area contributed by atoms with Crippen LogP contribution in [-0.4, -0.2) is 37.0 Å². The van der Waals surface area contributed by atoms with Crippen LogP contribution in [0.1, 0.15) is 31.9 Å². The number of rotatable bonds is 7. The summed E-state index contributed by atoms with van der Waals surface area (Å²) >= 11 is 0. The maximum Gasteiger partial charge on any atom is 0.126 e. The molecule has 0 saturated heterocycles. The van der Waals surface area contributed by atoms with Crippen molar-refractivity contribution in [2.24, 2.45) is 0 Å². The van der Waals surface area contributed by atoms with Gasteiger partial charge in [0.05, 0.1) is 13.2 Å². The van der Waals surface area contributed by atoms with Crippen molar-refractivity contribution < 1.29 is 14.9 Å². The van der Waals surface area contributed by atoms with Crippen LogP contribution < -0.4 is 9.64 Å². The third-order valence-corrected chi connectivity index (χ3v) is 2.99. The highest BCUT2D eigenvalue weighted by Crippen LogP contribution is 2.34. The molecule has 102 valence electrons. The zero-order chi connectivity index (χ0) is 13.5. The predicted molar refractivity (Wildman–Crippen MR) is 73.2 cm³/mol. The molecular formula is C14H23NO3. The molecule has 4 nitrogen and oxygen atoms in total.